The summed E-state index contributed by atoms with van der Waals surface area (Å²) in [5.74, 6) is 0. The lowest BCUT2D eigenvalue weighted by molar-refractivity contribution is 1.40. The molecule has 0 fully saturated rings. The maximum atomic E-state index is 6.01. The first-order chi connectivity index (χ1) is 6.61. The molecule has 3 nitrogen and oxygen atoms in total. The summed E-state index contributed by atoms with van der Waals surface area (Å²) in [6.07, 6.45) is 1.53. The van der Waals surface area contributed by atoms with E-state index in [2.05, 4.69) is 20.9 Å². The Balaban J connectivity index is 3.01. The Morgan fingerprint density at radius 2 is 2.00 bits per heavy atom. The average Bonchev–Trinajstić information content (AvgIpc) is 2.16. The van der Waals surface area contributed by atoms with E-state index in [0.29, 0.717) is 21.8 Å². The van der Waals surface area contributed by atoms with Gasteiger partial charge in [0, 0.05) is 9.86 Å². The van der Waals surface area contributed by atoms with Crippen molar-refractivity contribution in [2.45, 2.75) is 0 Å². The van der Waals surface area contributed by atoms with Crippen LogP contribution in [0, 0.1) is 0 Å². The molecule has 1 aromatic carbocycles. The van der Waals surface area contributed by atoms with Crippen LogP contribution in [0.3, 0.4) is 0 Å². The molecule has 2 aromatic rings. The van der Waals surface area contributed by atoms with Crippen molar-refractivity contribution in [2.75, 3.05) is 11.5 Å². The summed E-state index contributed by atoms with van der Waals surface area (Å²) in [6, 6.07) is 3.58. The number of fused-ring (bicyclic) bond motifs is 1. The van der Waals surface area contributed by atoms with Crippen LogP contribution in [0.5, 0.6) is 0 Å². The lowest BCUT2D eigenvalue weighted by Gasteiger charge is -2.07. The summed E-state index contributed by atoms with van der Waals surface area (Å²) in [6.45, 7) is 0. The zero-order valence-electron chi connectivity index (χ0n) is 7.09. The first-order valence-corrected chi connectivity index (χ1v) is 5.06. The molecule has 0 aliphatic heterocycles. The third-order valence-corrected chi connectivity index (χ3v) is 2.95. The van der Waals surface area contributed by atoms with Gasteiger partial charge in [0.1, 0.15) is 0 Å². The van der Waals surface area contributed by atoms with Gasteiger partial charge in [-0.25, -0.2) is 0 Å². The van der Waals surface area contributed by atoms with E-state index < -0.39 is 0 Å². The van der Waals surface area contributed by atoms with Gasteiger partial charge in [0.15, 0.2) is 0 Å². The molecular formula is C9H7BrClN3. The molecule has 0 aliphatic carbocycles. The van der Waals surface area contributed by atoms with Crippen molar-refractivity contribution in [2.24, 2.45) is 0 Å². The Labute approximate surface area is 94.2 Å². The molecule has 2 rings (SSSR count). The molecule has 0 saturated heterocycles. The normalized spacial score (nSPS) is 10.7. The minimum absolute atomic E-state index is 0.442. The van der Waals surface area contributed by atoms with Crippen LogP contribution < -0.4 is 11.5 Å². The second kappa shape index (κ2) is 3.29. The second-order valence-electron chi connectivity index (χ2n) is 2.88. The maximum absolute atomic E-state index is 6.01. The Hall–Kier alpha value is -1.00. The summed E-state index contributed by atoms with van der Waals surface area (Å²) >= 11 is 9.38. The summed E-state index contributed by atoms with van der Waals surface area (Å²) in [7, 11) is 0. The van der Waals surface area contributed by atoms with E-state index in [1.807, 2.05) is 6.07 Å². The molecule has 0 bridgehead atoms. The fourth-order valence-corrected chi connectivity index (χ4v) is 1.96. The summed E-state index contributed by atoms with van der Waals surface area (Å²) in [5.41, 5.74) is 13.1. The number of pyridine rings is 1. The number of nitrogen functional groups attached to an aromatic ring is 2. The number of nitrogens with two attached hydrogens (primary N) is 2. The van der Waals surface area contributed by atoms with Gasteiger partial charge < -0.3 is 11.5 Å². The van der Waals surface area contributed by atoms with Crippen LogP contribution in [0.15, 0.2) is 22.8 Å². The molecule has 0 saturated carbocycles. The van der Waals surface area contributed by atoms with Gasteiger partial charge in [-0.15, -0.1) is 0 Å². The van der Waals surface area contributed by atoms with Gasteiger partial charge in [-0.2, -0.15) is 0 Å². The van der Waals surface area contributed by atoms with Gasteiger partial charge in [-0.3, -0.25) is 4.98 Å². The maximum Gasteiger partial charge on any atom is 0.0881 e. The predicted octanol–water partition coefficient (Wildman–Crippen LogP) is 2.82. The number of hydrogen-bond donors (Lipinski definition) is 2. The number of benzene rings is 1. The van der Waals surface area contributed by atoms with Gasteiger partial charge in [-0.05, 0) is 28.1 Å². The molecule has 0 unspecified atom stereocenters. The highest BCUT2D eigenvalue weighted by Gasteiger charge is 2.09. The van der Waals surface area contributed by atoms with Crippen LogP contribution in [0.1, 0.15) is 0 Å². The average molecular weight is 273 g/mol. The highest BCUT2D eigenvalue weighted by atomic mass is 79.9. The van der Waals surface area contributed by atoms with E-state index in [1.165, 1.54) is 6.20 Å². The quantitative estimate of drug-likeness (QED) is 0.775. The van der Waals surface area contributed by atoms with E-state index in [4.69, 9.17) is 23.1 Å². The molecule has 5 heteroatoms. The minimum Gasteiger partial charge on any atom is -0.396 e. The number of hydrogen-bond acceptors (Lipinski definition) is 3. The van der Waals surface area contributed by atoms with E-state index in [0.717, 1.165) is 9.99 Å². The molecule has 0 amide bonds. The molecule has 0 atom stereocenters. The van der Waals surface area contributed by atoms with Crippen molar-refractivity contribution in [3.8, 4) is 0 Å². The third kappa shape index (κ3) is 1.31. The van der Waals surface area contributed by atoms with Crippen molar-refractivity contribution in [1.29, 1.82) is 0 Å². The Kier molecular flexibility index (Phi) is 2.25. The molecule has 4 N–H and O–H groups in total. The van der Waals surface area contributed by atoms with Crippen molar-refractivity contribution in [3.05, 3.63) is 27.8 Å². The van der Waals surface area contributed by atoms with E-state index in [9.17, 15) is 0 Å². The molecule has 0 aliphatic rings. The van der Waals surface area contributed by atoms with E-state index >= 15 is 0 Å². The second-order valence-corrected chi connectivity index (χ2v) is 4.14. The highest BCUT2D eigenvalue weighted by molar-refractivity contribution is 9.10. The summed E-state index contributed by atoms with van der Waals surface area (Å²) in [5, 5.41) is 1.25. The van der Waals surface area contributed by atoms with Crippen LogP contribution in [0.2, 0.25) is 5.02 Å². The van der Waals surface area contributed by atoms with Crippen LogP contribution in [-0.4, -0.2) is 4.98 Å². The van der Waals surface area contributed by atoms with Gasteiger partial charge in [-0.1, -0.05) is 11.6 Å². The van der Waals surface area contributed by atoms with E-state index in [-0.39, 0.29) is 0 Å². The van der Waals surface area contributed by atoms with Crippen molar-refractivity contribution < 1.29 is 0 Å². The van der Waals surface area contributed by atoms with Crippen molar-refractivity contribution in [3.63, 3.8) is 0 Å². The zero-order chi connectivity index (χ0) is 10.3. The number of aromatic nitrogens is 1. The lowest BCUT2D eigenvalue weighted by atomic mass is 10.2. The molecule has 1 aromatic heterocycles. The fraction of sp³-hybridized carbons (Fsp3) is 0. The first-order valence-electron chi connectivity index (χ1n) is 3.89. The van der Waals surface area contributed by atoms with E-state index in [1.54, 1.807) is 6.07 Å². The Bertz CT molecular complexity index is 513. The topological polar surface area (TPSA) is 64.9 Å². The van der Waals surface area contributed by atoms with Crippen LogP contribution >= 0.6 is 27.5 Å². The predicted molar refractivity (Wildman–Crippen MR) is 63.3 cm³/mol. The summed E-state index contributed by atoms with van der Waals surface area (Å²) < 4.78 is 0.851. The van der Waals surface area contributed by atoms with Crippen molar-refractivity contribution in [1.82, 2.24) is 4.98 Å². The van der Waals surface area contributed by atoms with Crippen LogP contribution in [-0.2, 0) is 0 Å². The van der Waals surface area contributed by atoms with Crippen LogP contribution in [0.4, 0.5) is 11.4 Å². The largest absolute Gasteiger partial charge is 0.396 e. The highest BCUT2D eigenvalue weighted by Crippen LogP contribution is 2.34. The SMILES string of the molecule is Nc1cnc2c(Br)ccc(Cl)c2c1N. The summed E-state index contributed by atoms with van der Waals surface area (Å²) in [4.78, 5) is 4.17. The third-order valence-electron chi connectivity index (χ3n) is 1.99. The molecule has 14 heavy (non-hydrogen) atoms. The smallest absolute Gasteiger partial charge is 0.0881 e. The lowest BCUT2D eigenvalue weighted by Crippen LogP contribution is -1.97. The molecular weight excluding hydrogens is 265 g/mol. The molecule has 0 spiro atoms. The molecule has 1 heterocycles. The minimum atomic E-state index is 0.442. The standard InChI is InChI=1S/C9H7BrClN3/c10-4-1-2-5(11)7-8(13)6(12)3-14-9(4)7/h1-3H,12H2,(H2,13,14). The number of anilines is 2. The van der Waals surface area contributed by atoms with Gasteiger partial charge >= 0.3 is 0 Å². The van der Waals surface area contributed by atoms with Gasteiger partial charge in [0.05, 0.1) is 28.1 Å². The molecule has 0 radical (unpaired) electrons. The zero-order valence-corrected chi connectivity index (χ0v) is 9.43. The number of nitrogens with zero attached hydrogens (tertiary/aromatic N) is 1. The van der Waals surface area contributed by atoms with Gasteiger partial charge in [0.2, 0.25) is 0 Å². The Morgan fingerprint density at radius 1 is 1.29 bits per heavy atom. The fourth-order valence-electron chi connectivity index (χ4n) is 1.27. The van der Waals surface area contributed by atoms with Gasteiger partial charge in [0.25, 0.3) is 0 Å². The van der Waals surface area contributed by atoms with Crippen LogP contribution in [0.25, 0.3) is 10.9 Å². The number of halogens is 2. The molecule has 72 valence electrons. The van der Waals surface area contributed by atoms with Crippen molar-refractivity contribution >= 4 is 49.8 Å². The number of rotatable bonds is 0. The first kappa shape index (κ1) is 9.55. The monoisotopic (exact) mass is 271 g/mol. The Morgan fingerprint density at radius 3 is 2.71 bits per heavy atom.